The molecular formula is C17H12O3. The molecule has 0 spiro atoms. The van der Waals surface area contributed by atoms with Crippen molar-refractivity contribution in [2.45, 2.75) is 6.61 Å². The smallest absolute Gasteiger partial charge is 0.169 e. The van der Waals surface area contributed by atoms with Crippen LogP contribution in [0.1, 0.15) is 5.56 Å². The molecule has 3 nitrogen and oxygen atoms in total. The summed E-state index contributed by atoms with van der Waals surface area (Å²) in [4.78, 5) is 0. The Hall–Kier alpha value is -2.68. The lowest BCUT2D eigenvalue weighted by molar-refractivity contribution is 0.307. The lowest BCUT2D eigenvalue weighted by atomic mass is 10.1. The van der Waals surface area contributed by atoms with Gasteiger partial charge in [-0.15, -0.1) is 0 Å². The van der Waals surface area contributed by atoms with Gasteiger partial charge in [-0.25, -0.2) is 0 Å². The number of hydrogen-bond acceptors (Lipinski definition) is 3. The second-order valence-corrected chi connectivity index (χ2v) is 4.64. The van der Waals surface area contributed by atoms with Gasteiger partial charge in [0.2, 0.25) is 0 Å². The van der Waals surface area contributed by atoms with E-state index in [-0.39, 0.29) is 0 Å². The number of benzene rings is 2. The van der Waals surface area contributed by atoms with E-state index in [0.717, 1.165) is 34.1 Å². The van der Waals surface area contributed by atoms with Gasteiger partial charge in [-0.1, -0.05) is 12.1 Å². The highest BCUT2D eigenvalue weighted by molar-refractivity contribution is 5.61. The molecule has 0 atom stereocenters. The molecule has 0 bridgehead atoms. The Balaban J connectivity index is 1.76. The summed E-state index contributed by atoms with van der Waals surface area (Å²) in [5.74, 6) is 3.18. The minimum absolute atomic E-state index is 0.487. The molecule has 0 radical (unpaired) electrons. The topological polar surface area (TPSA) is 31.6 Å². The maximum atomic E-state index is 5.92. The van der Waals surface area contributed by atoms with E-state index >= 15 is 0 Å². The first-order valence-electron chi connectivity index (χ1n) is 6.47. The van der Waals surface area contributed by atoms with Crippen LogP contribution in [0, 0.1) is 0 Å². The fourth-order valence-corrected chi connectivity index (χ4v) is 2.32. The van der Waals surface area contributed by atoms with E-state index in [2.05, 4.69) is 0 Å². The van der Waals surface area contributed by atoms with Crippen molar-refractivity contribution in [3.05, 3.63) is 66.4 Å². The molecule has 4 rings (SSSR count). The van der Waals surface area contributed by atoms with Crippen LogP contribution < -0.4 is 9.47 Å². The zero-order valence-corrected chi connectivity index (χ0v) is 10.7. The molecule has 20 heavy (non-hydrogen) atoms. The molecule has 0 saturated carbocycles. The van der Waals surface area contributed by atoms with Gasteiger partial charge in [0.1, 0.15) is 18.1 Å². The predicted octanol–water partition coefficient (Wildman–Crippen LogP) is 4.63. The highest BCUT2D eigenvalue weighted by atomic mass is 16.5. The lowest BCUT2D eigenvalue weighted by Crippen LogP contribution is -1.93. The number of furan rings is 1. The van der Waals surface area contributed by atoms with Crippen molar-refractivity contribution in [1.82, 2.24) is 0 Å². The Kier molecular flexibility index (Phi) is 2.49. The van der Waals surface area contributed by atoms with Crippen LogP contribution in [0.2, 0.25) is 0 Å². The first-order valence-corrected chi connectivity index (χ1v) is 6.47. The van der Waals surface area contributed by atoms with Gasteiger partial charge in [-0.05, 0) is 42.5 Å². The summed E-state index contributed by atoms with van der Waals surface area (Å²) in [7, 11) is 0. The standard InChI is InChI=1S/C17H12O3/c1-2-5-17-16(4-1)19-11-13-10-12(7-8-15(13)20-17)14-6-3-9-18-14/h1-10H,11H2. The summed E-state index contributed by atoms with van der Waals surface area (Å²) in [6, 6.07) is 17.5. The van der Waals surface area contributed by atoms with Crippen molar-refractivity contribution >= 4 is 0 Å². The Labute approximate surface area is 116 Å². The number of hydrogen-bond donors (Lipinski definition) is 0. The van der Waals surface area contributed by atoms with Crippen molar-refractivity contribution < 1.29 is 13.9 Å². The molecule has 1 aliphatic rings. The summed E-state index contributed by atoms with van der Waals surface area (Å²) in [6.07, 6.45) is 1.67. The van der Waals surface area contributed by atoms with Gasteiger partial charge in [0.25, 0.3) is 0 Å². The zero-order chi connectivity index (χ0) is 13.4. The number of fused-ring (bicyclic) bond motifs is 2. The molecule has 0 saturated heterocycles. The van der Waals surface area contributed by atoms with Gasteiger partial charge in [-0.2, -0.15) is 0 Å². The molecule has 0 N–H and O–H groups in total. The summed E-state index contributed by atoms with van der Waals surface area (Å²) >= 11 is 0. The molecule has 1 aliphatic heterocycles. The van der Waals surface area contributed by atoms with Crippen molar-refractivity contribution in [1.29, 1.82) is 0 Å². The lowest BCUT2D eigenvalue weighted by Gasteiger charge is -2.07. The maximum Gasteiger partial charge on any atom is 0.169 e. The van der Waals surface area contributed by atoms with Crippen LogP contribution in [0.3, 0.4) is 0 Å². The Morgan fingerprint density at radius 1 is 0.800 bits per heavy atom. The van der Waals surface area contributed by atoms with Crippen molar-refractivity contribution in [3.8, 4) is 28.6 Å². The van der Waals surface area contributed by atoms with Crippen LogP contribution in [0.4, 0.5) is 0 Å². The molecule has 98 valence electrons. The molecule has 0 unspecified atom stereocenters. The molecular weight excluding hydrogens is 252 g/mol. The van der Waals surface area contributed by atoms with Gasteiger partial charge in [0.05, 0.1) is 6.26 Å². The fraction of sp³-hybridized carbons (Fsp3) is 0.0588. The number of para-hydroxylation sites is 2. The molecule has 2 aromatic carbocycles. The molecule has 1 aromatic heterocycles. The van der Waals surface area contributed by atoms with Crippen LogP contribution in [-0.2, 0) is 6.61 Å². The number of rotatable bonds is 1. The van der Waals surface area contributed by atoms with Crippen molar-refractivity contribution in [2.24, 2.45) is 0 Å². The third-order valence-corrected chi connectivity index (χ3v) is 3.32. The molecule has 3 aromatic rings. The van der Waals surface area contributed by atoms with Crippen LogP contribution in [0.5, 0.6) is 17.2 Å². The largest absolute Gasteiger partial charge is 0.485 e. The Morgan fingerprint density at radius 2 is 1.70 bits per heavy atom. The monoisotopic (exact) mass is 264 g/mol. The summed E-state index contributed by atoms with van der Waals surface area (Å²) < 4.78 is 17.1. The van der Waals surface area contributed by atoms with Crippen molar-refractivity contribution in [2.75, 3.05) is 0 Å². The second kappa shape index (κ2) is 4.46. The van der Waals surface area contributed by atoms with E-state index in [1.165, 1.54) is 0 Å². The average Bonchev–Trinajstić information content (AvgIpc) is 2.95. The maximum absolute atomic E-state index is 5.92. The van der Waals surface area contributed by atoms with Gasteiger partial charge < -0.3 is 13.9 Å². The zero-order valence-electron chi connectivity index (χ0n) is 10.7. The normalized spacial score (nSPS) is 12.6. The molecule has 0 fully saturated rings. The Morgan fingerprint density at radius 3 is 2.55 bits per heavy atom. The van der Waals surface area contributed by atoms with Crippen LogP contribution in [0.25, 0.3) is 11.3 Å². The second-order valence-electron chi connectivity index (χ2n) is 4.64. The van der Waals surface area contributed by atoms with E-state index in [0.29, 0.717) is 6.61 Å². The summed E-state index contributed by atoms with van der Waals surface area (Å²) in [5, 5.41) is 0. The highest BCUT2D eigenvalue weighted by Gasteiger charge is 2.16. The molecule has 0 aliphatic carbocycles. The van der Waals surface area contributed by atoms with Crippen LogP contribution in [0.15, 0.2) is 65.3 Å². The summed E-state index contributed by atoms with van der Waals surface area (Å²) in [5.41, 5.74) is 2.03. The first kappa shape index (κ1) is 11.2. The average molecular weight is 264 g/mol. The first-order chi connectivity index (χ1) is 9.90. The van der Waals surface area contributed by atoms with Crippen molar-refractivity contribution in [3.63, 3.8) is 0 Å². The molecule has 0 amide bonds. The highest BCUT2D eigenvalue weighted by Crippen LogP contribution is 2.38. The van der Waals surface area contributed by atoms with E-state index in [1.807, 2.05) is 54.6 Å². The molecule has 2 heterocycles. The van der Waals surface area contributed by atoms with Gasteiger partial charge >= 0.3 is 0 Å². The predicted molar refractivity (Wildman–Crippen MR) is 75.0 cm³/mol. The third kappa shape index (κ3) is 1.84. The van der Waals surface area contributed by atoms with Crippen LogP contribution in [-0.4, -0.2) is 0 Å². The van der Waals surface area contributed by atoms with E-state index in [9.17, 15) is 0 Å². The SMILES string of the molecule is c1coc(-c2ccc3c(c2)COc2ccccc2O3)c1. The Bertz CT molecular complexity index is 745. The third-order valence-electron chi connectivity index (χ3n) is 3.32. The summed E-state index contributed by atoms with van der Waals surface area (Å²) in [6.45, 7) is 0.487. The number of ether oxygens (including phenoxy) is 2. The van der Waals surface area contributed by atoms with Gasteiger partial charge in [0.15, 0.2) is 11.5 Å². The van der Waals surface area contributed by atoms with Crippen LogP contribution >= 0.6 is 0 Å². The van der Waals surface area contributed by atoms with E-state index in [4.69, 9.17) is 13.9 Å². The van der Waals surface area contributed by atoms with Gasteiger partial charge in [0, 0.05) is 11.1 Å². The molecule has 3 heteroatoms. The van der Waals surface area contributed by atoms with Gasteiger partial charge in [-0.3, -0.25) is 0 Å². The minimum atomic E-state index is 0.487. The minimum Gasteiger partial charge on any atom is -0.485 e. The van der Waals surface area contributed by atoms with E-state index < -0.39 is 0 Å². The van der Waals surface area contributed by atoms with E-state index in [1.54, 1.807) is 6.26 Å². The fourth-order valence-electron chi connectivity index (χ4n) is 2.32. The quantitative estimate of drug-likeness (QED) is 0.642.